The van der Waals surface area contributed by atoms with Crippen LogP contribution in [0.3, 0.4) is 0 Å². The van der Waals surface area contributed by atoms with E-state index >= 15 is 0 Å². The van der Waals surface area contributed by atoms with Crippen LogP contribution in [0.5, 0.6) is 0 Å². The van der Waals surface area contributed by atoms with E-state index in [0.717, 1.165) is 21.3 Å². The summed E-state index contributed by atoms with van der Waals surface area (Å²) < 4.78 is 0. The van der Waals surface area contributed by atoms with Crippen LogP contribution in [0.4, 0.5) is 4.79 Å². The molecule has 0 aromatic heterocycles. The molecule has 3 rings (SSSR count). The standard InChI is InChI=1S/C15H13N3O3/c19-13(17-18-9-14(20)16-15(18)21)8-11-6-3-5-10-4-1-2-7-12(10)11/h1-7H,8-9H2,(H,17,19)(H,16,20,21). The first-order valence-electron chi connectivity index (χ1n) is 6.51. The molecule has 0 spiro atoms. The number of nitrogens with zero attached hydrogens (tertiary/aromatic N) is 1. The third-order valence-electron chi connectivity index (χ3n) is 3.28. The van der Waals surface area contributed by atoms with Gasteiger partial charge in [-0.2, -0.15) is 0 Å². The van der Waals surface area contributed by atoms with Gasteiger partial charge in [0.2, 0.25) is 11.8 Å². The van der Waals surface area contributed by atoms with Gasteiger partial charge in [0, 0.05) is 0 Å². The minimum Gasteiger partial charge on any atom is -0.275 e. The predicted molar refractivity (Wildman–Crippen MR) is 76.0 cm³/mol. The van der Waals surface area contributed by atoms with E-state index in [0.29, 0.717) is 0 Å². The van der Waals surface area contributed by atoms with Crippen molar-refractivity contribution >= 4 is 28.6 Å². The Morgan fingerprint density at radius 1 is 1.14 bits per heavy atom. The topological polar surface area (TPSA) is 78.5 Å². The quantitative estimate of drug-likeness (QED) is 0.824. The molecule has 2 aromatic carbocycles. The molecule has 1 aliphatic rings. The molecule has 0 radical (unpaired) electrons. The van der Waals surface area contributed by atoms with Crippen molar-refractivity contribution in [2.45, 2.75) is 6.42 Å². The summed E-state index contributed by atoms with van der Waals surface area (Å²) in [5.74, 6) is -0.762. The van der Waals surface area contributed by atoms with Crippen LogP contribution in [0.1, 0.15) is 5.56 Å². The van der Waals surface area contributed by atoms with Gasteiger partial charge in [0.05, 0.1) is 6.42 Å². The Hall–Kier alpha value is -2.89. The van der Waals surface area contributed by atoms with Gasteiger partial charge in [-0.1, -0.05) is 42.5 Å². The molecule has 1 saturated heterocycles. The highest BCUT2D eigenvalue weighted by atomic mass is 16.2. The first-order chi connectivity index (χ1) is 10.1. The Morgan fingerprint density at radius 3 is 2.67 bits per heavy atom. The summed E-state index contributed by atoms with van der Waals surface area (Å²) in [5, 5.41) is 5.13. The minimum absolute atomic E-state index is 0.138. The number of urea groups is 1. The zero-order valence-electron chi connectivity index (χ0n) is 11.1. The van der Waals surface area contributed by atoms with E-state index in [-0.39, 0.29) is 18.9 Å². The maximum Gasteiger partial charge on any atom is 0.343 e. The molecular formula is C15H13N3O3. The first-order valence-corrected chi connectivity index (χ1v) is 6.51. The summed E-state index contributed by atoms with van der Waals surface area (Å²) in [6, 6.07) is 12.9. The van der Waals surface area contributed by atoms with E-state index in [1.165, 1.54) is 0 Å². The molecular weight excluding hydrogens is 270 g/mol. The van der Waals surface area contributed by atoms with Crippen LogP contribution >= 0.6 is 0 Å². The van der Waals surface area contributed by atoms with Crippen LogP contribution in [0, 0.1) is 0 Å². The summed E-state index contributed by atoms with van der Waals surface area (Å²) >= 11 is 0. The van der Waals surface area contributed by atoms with Crippen LogP contribution in [-0.4, -0.2) is 29.4 Å². The van der Waals surface area contributed by atoms with Gasteiger partial charge in [-0.15, -0.1) is 0 Å². The lowest BCUT2D eigenvalue weighted by Crippen LogP contribution is -2.44. The molecule has 1 heterocycles. The second-order valence-electron chi connectivity index (χ2n) is 4.79. The molecule has 0 unspecified atom stereocenters. The number of hydrogen-bond acceptors (Lipinski definition) is 3. The second kappa shape index (κ2) is 5.24. The van der Waals surface area contributed by atoms with E-state index in [1.54, 1.807) is 0 Å². The number of fused-ring (bicyclic) bond motifs is 1. The first kappa shape index (κ1) is 13.1. The van der Waals surface area contributed by atoms with Gasteiger partial charge >= 0.3 is 6.03 Å². The Balaban J connectivity index is 1.75. The number of benzene rings is 2. The van der Waals surface area contributed by atoms with Crippen LogP contribution < -0.4 is 10.7 Å². The molecule has 6 heteroatoms. The summed E-state index contributed by atoms with van der Waals surface area (Å²) in [4.78, 5) is 34.4. The number of nitrogens with one attached hydrogen (secondary N) is 2. The smallest absolute Gasteiger partial charge is 0.275 e. The molecule has 2 aromatic rings. The Bertz CT molecular complexity index is 737. The van der Waals surface area contributed by atoms with Crippen molar-refractivity contribution < 1.29 is 14.4 Å². The zero-order chi connectivity index (χ0) is 14.8. The van der Waals surface area contributed by atoms with Crippen LogP contribution in [0.15, 0.2) is 42.5 Å². The molecule has 1 aliphatic heterocycles. The third kappa shape index (κ3) is 2.69. The van der Waals surface area contributed by atoms with Crippen molar-refractivity contribution in [2.75, 3.05) is 6.54 Å². The van der Waals surface area contributed by atoms with Gasteiger partial charge in [-0.25, -0.2) is 9.80 Å². The third-order valence-corrected chi connectivity index (χ3v) is 3.28. The normalized spacial score (nSPS) is 14.4. The van der Waals surface area contributed by atoms with Crippen LogP contribution in [0.2, 0.25) is 0 Å². The van der Waals surface area contributed by atoms with Crippen molar-refractivity contribution in [2.24, 2.45) is 0 Å². The minimum atomic E-state index is -0.605. The molecule has 0 atom stereocenters. The van der Waals surface area contributed by atoms with Crippen LogP contribution in [0.25, 0.3) is 10.8 Å². The zero-order valence-corrected chi connectivity index (χ0v) is 11.1. The number of rotatable bonds is 3. The van der Waals surface area contributed by atoms with E-state index in [4.69, 9.17) is 0 Å². The van der Waals surface area contributed by atoms with Gasteiger partial charge in [0.15, 0.2) is 0 Å². The summed E-state index contributed by atoms with van der Waals surface area (Å²) in [7, 11) is 0. The molecule has 0 aliphatic carbocycles. The number of carbonyl (C=O) groups excluding carboxylic acids is 3. The van der Waals surface area contributed by atoms with E-state index in [1.807, 2.05) is 42.5 Å². The van der Waals surface area contributed by atoms with Crippen molar-refractivity contribution in [3.63, 3.8) is 0 Å². The average molecular weight is 283 g/mol. The number of hydrogen-bond donors (Lipinski definition) is 2. The van der Waals surface area contributed by atoms with Gasteiger partial charge in [-0.05, 0) is 16.3 Å². The molecule has 6 nitrogen and oxygen atoms in total. The maximum absolute atomic E-state index is 12.0. The lowest BCUT2D eigenvalue weighted by Gasteiger charge is -2.15. The summed E-state index contributed by atoms with van der Waals surface area (Å²) in [6.45, 7) is -0.153. The van der Waals surface area contributed by atoms with Crippen molar-refractivity contribution in [1.82, 2.24) is 15.8 Å². The number of imide groups is 1. The van der Waals surface area contributed by atoms with Gasteiger partial charge in [0.1, 0.15) is 6.54 Å². The molecule has 0 bridgehead atoms. The van der Waals surface area contributed by atoms with E-state index < -0.39 is 11.9 Å². The molecule has 0 saturated carbocycles. The van der Waals surface area contributed by atoms with Crippen LogP contribution in [-0.2, 0) is 16.0 Å². The summed E-state index contributed by atoms with van der Waals surface area (Å²) in [6.07, 6.45) is 0.138. The number of hydrazine groups is 1. The largest absolute Gasteiger partial charge is 0.343 e. The van der Waals surface area contributed by atoms with Gasteiger partial charge in [0.25, 0.3) is 0 Å². The molecule has 106 valence electrons. The average Bonchev–Trinajstić information content (AvgIpc) is 2.77. The lowest BCUT2D eigenvalue weighted by molar-refractivity contribution is -0.124. The van der Waals surface area contributed by atoms with Crippen molar-refractivity contribution in [3.05, 3.63) is 48.0 Å². The number of carbonyl (C=O) groups is 3. The molecule has 4 amide bonds. The number of amides is 4. The monoisotopic (exact) mass is 283 g/mol. The fourth-order valence-corrected chi connectivity index (χ4v) is 2.34. The fourth-order valence-electron chi connectivity index (χ4n) is 2.34. The summed E-state index contributed by atoms with van der Waals surface area (Å²) in [5.41, 5.74) is 3.31. The SMILES string of the molecule is O=C1CN(NC(=O)Cc2cccc3ccccc23)C(=O)N1. The predicted octanol–water partition coefficient (Wildman–Crippen LogP) is 0.965. The fraction of sp³-hybridized carbons (Fsp3) is 0.133. The Kier molecular flexibility index (Phi) is 3.27. The lowest BCUT2D eigenvalue weighted by atomic mass is 10.0. The van der Waals surface area contributed by atoms with Gasteiger partial charge in [-0.3, -0.25) is 20.3 Å². The Morgan fingerprint density at radius 2 is 1.90 bits per heavy atom. The highest BCUT2D eigenvalue weighted by Crippen LogP contribution is 2.18. The highest BCUT2D eigenvalue weighted by molar-refractivity contribution is 6.02. The molecule has 21 heavy (non-hydrogen) atoms. The molecule has 2 N–H and O–H groups in total. The highest BCUT2D eigenvalue weighted by Gasteiger charge is 2.28. The maximum atomic E-state index is 12.0. The van der Waals surface area contributed by atoms with Crippen molar-refractivity contribution in [1.29, 1.82) is 0 Å². The van der Waals surface area contributed by atoms with E-state index in [9.17, 15) is 14.4 Å². The van der Waals surface area contributed by atoms with E-state index in [2.05, 4.69) is 10.7 Å². The second-order valence-corrected chi connectivity index (χ2v) is 4.79. The Labute approximate surface area is 120 Å². The molecule has 1 fully saturated rings. The van der Waals surface area contributed by atoms with Gasteiger partial charge < -0.3 is 0 Å². The van der Waals surface area contributed by atoms with Crippen molar-refractivity contribution in [3.8, 4) is 0 Å².